The minimum Gasteiger partial charge on any atom is -0.508 e. The van der Waals surface area contributed by atoms with Crippen LogP contribution in [0.2, 0.25) is 0 Å². The summed E-state index contributed by atoms with van der Waals surface area (Å²) in [6.45, 7) is 1.40. The Morgan fingerprint density at radius 2 is 1.58 bits per heavy atom. The van der Waals surface area contributed by atoms with Crippen LogP contribution in [0.3, 0.4) is 0 Å². The number of hydrogen-bond acceptors (Lipinski definition) is 7. The van der Waals surface area contributed by atoms with Crippen LogP contribution in [0.25, 0.3) is 10.9 Å². The number of carbonyl (C=O) groups is 4. The number of benzene rings is 2. The van der Waals surface area contributed by atoms with Crippen LogP contribution < -0.4 is 21.7 Å². The van der Waals surface area contributed by atoms with E-state index < -0.39 is 47.9 Å². The molecule has 0 aliphatic rings. The van der Waals surface area contributed by atoms with E-state index in [4.69, 9.17) is 10.8 Å². The number of carboxylic acids is 1. The first-order valence-corrected chi connectivity index (χ1v) is 12.6. The third-order valence-electron chi connectivity index (χ3n) is 6.01. The monoisotopic (exact) mass is 541 g/mol. The highest BCUT2D eigenvalue weighted by atomic mass is 32.1. The molecule has 1 heterocycles. The van der Waals surface area contributed by atoms with Gasteiger partial charge < -0.3 is 36.9 Å². The predicted octanol–water partition coefficient (Wildman–Crippen LogP) is 0.475. The number of phenols is 1. The van der Waals surface area contributed by atoms with Gasteiger partial charge in [0.05, 0.1) is 6.04 Å². The van der Waals surface area contributed by atoms with Gasteiger partial charge in [0.2, 0.25) is 17.7 Å². The van der Waals surface area contributed by atoms with Crippen molar-refractivity contribution in [3.63, 3.8) is 0 Å². The number of thiol groups is 1. The average molecular weight is 542 g/mol. The van der Waals surface area contributed by atoms with Crippen molar-refractivity contribution in [2.45, 2.75) is 43.9 Å². The summed E-state index contributed by atoms with van der Waals surface area (Å²) < 4.78 is 0. The van der Waals surface area contributed by atoms with Gasteiger partial charge in [-0.3, -0.25) is 14.4 Å². The fourth-order valence-corrected chi connectivity index (χ4v) is 4.10. The topological polar surface area (TPSA) is 187 Å². The van der Waals surface area contributed by atoms with Crippen LogP contribution in [0.15, 0.2) is 54.7 Å². The van der Waals surface area contributed by atoms with Crippen molar-refractivity contribution in [3.8, 4) is 5.75 Å². The number of aromatic hydroxyl groups is 1. The molecule has 8 N–H and O–H groups in total. The van der Waals surface area contributed by atoms with Crippen molar-refractivity contribution in [1.29, 1.82) is 0 Å². The van der Waals surface area contributed by atoms with Crippen LogP contribution in [0.4, 0.5) is 0 Å². The maximum absolute atomic E-state index is 13.1. The first-order valence-electron chi connectivity index (χ1n) is 11.9. The molecule has 38 heavy (non-hydrogen) atoms. The number of para-hydroxylation sites is 1. The third-order valence-corrected chi connectivity index (χ3v) is 6.38. The summed E-state index contributed by atoms with van der Waals surface area (Å²) in [7, 11) is 0. The van der Waals surface area contributed by atoms with Gasteiger partial charge in [0.25, 0.3) is 0 Å². The van der Waals surface area contributed by atoms with E-state index in [1.54, 1.807) is 18.3 Å². The van der Waals surface area contributed by atoms with Crippen LogP contribution in [0, 0.1) is 0 Å². The zero-order valence-corrected chi connectivity index (χ0v) is 21.6. The number of nitrogens with two attached hydrogens (primary N) is 1. The van der Waals surface area contributed by atoms with Crippen molar-refractivity contribution in [1.82, 2.24) is 20.9 Å². The van der Waals surface area contributed by atoms with Crippen molar-refractivity contribution < 1.29 is 29.4 Å². The van der Waals surface area contributed by atoms with Gasteiger partial charge >= 0.3 is 5.97 Å². The van der Waals surface area contributed by atoms with E-state index >= 15 is 0 Å². The third kappa shape index (κ3) is 7.49. The Morgan fingerprint density at radius 3 is 2.24 bits per heavy atom. The number of fused-ring (bicyclic) bond motifs is 1. The molecule has 0 spiro atoms. The Kier molecular flexibility index (Phi) is 9.74. The van der Waals surface area contributed by atoms with E-state index in [0.29, 0.717) is 5.56 Å². The number of phenolic OH excluding ortho intramolecular Hbond substituents is 1. The standard InChI is InChI=1S/C26H31N5O6S/c1-14(23(33)31-22(13-38)26(36)37)29-25(35)21(10-15-6-8-17(32)9-7-15)30-24(34)19(27)11-16-12-28-20-5-3-2-4-18(16)20/h2-9,12,14,19,21-22,28,32,38H,10-11,13,27H2,1H3,(H,29,35)(H,30,34)(H,31,33)(H,36,37). The first kappa shape index (κ1) is 28.5. The van der Waals surface area contributed by atoms with Gasteiger partial charge in [-0.25, -0.2) is 4.79 Å². The van der Waals surface area contributed by atoms with Gasteiger partial charge in [-0.1, -0.05) is 30.3 Å². The number of hydrogen-bond donors (Lipinski definition) is 8. The molecular weight excluding hydrogens is 510 g/mol. The Labute approximate surface area is 224 Å². The average Bonchev–Trinajstić information content (AvgIpc) is 3.30. The van der Waals surface area contributed by atoms with Crippen molar-refractivity contribution >= 4 is 47.2 Å². The van der Waals surface area contributed by atoms with Crippen molar-refractivity contribution in [3.05, 3.63) is 65.9 Å². The molecule has 3 rings (SSSR count). The molecule has 4 unspecified atom stereocenters. The first-order chi connectivity index (χ1) is 18.1. The molecule has 202 valence electrons. The molecule has 11 nitrogen and oxygen atoms in total. The van der Waals surface area contributed by atoms with Crippen LogP contribution in [0.5, 0.6) is 5.75 Å². The van der Waals surface area contributed by atoms with E-state index in [0.717, 1.165) is 16.5 Å². The highest BCUT2D eigenvalue weighted by molar-refractivity contribution is 7.80. The summed E-state index contributed by atoms with van der Waals surface area (Å²) in [5.74, 6) is -3.28. The van der Waals surface area contributed by atoms with Gasteiger partial charge in [-0.15, -0.1) is 0 Å². The molecule has 0 radical (unpaired) electrons. The fraction of sp³-hybridized carbons (Fsp3) is 0.308. The fourth-order valence-electron chi connectivity index (χ4n) is 3.85. The molecular formula is C26H31N5O6S. The lowest BCUT2D eigenvalue weighted by atomic mass is 10.0. The zero-order valence-electron chi connectivity index (χ0n) is 20.7. The number of aromatic nitrogens is 1. The number of rotatable bonds is 12. The molecule has 0 aliphatic carbocycles. The Bertz CT molecular complexity index is 1290. The largest absolute Gasteiger partial charge is 0.508 e. The smallest absolute Gasteiger partial charge is 0.327 e. The number of aromatic amines is 1. The molecule has 2 aromatic carbocycles. The minimum absolute atomic E-state index is 0.0435. The maximum atomic E-state index is 13.1. The molecule has 3 amide bonds. The van der Waals surface area contributed by atoms with E-state index in [9.17, 15) is 24.3 Å². The molecule has 0 aliphatic heterocycles. The van der Waals surface area contributed by atoms with E-state index in [1.807, 2.05) is 24.3 Å². The second-order valence-electron chi connectivity index (χ2n) is 8.91. The molecule has 0 saturated carbocycles. The summed E-state index contributed by atoms with van der Waals surface area (Å²) in [5.41, 5.74) is 8.60. The van der Waals surface area contributed by atoms with Crippen molar-refractivity contribution in [2.75, 3.05) is 5.75 Å². The van der Waals surface area contributed by atoms with Crippen LogP contribution >= 0.6 is 12.6 Å². The normalized spacial score (nSPS) is 14.2. The second-order valence-corrected chi connectivity index (χ2v) is 9.28. The highest BCUT2D eigenvalue weighted by Crippen LogP contribution is 2.19. The molecule has 4 atom stereocenters. The SMILES string of the molecule is CC(NC(=O)C(Cc1ccc(O)cc1)NC(=O)C(N)Cc1c[nH]c2ccccc12)C(=O)NC(CS)C(=O)O. The molecule has 0 bridgehead atoms. The number of carbonyl (C=O) groups excluding carboxylic acids is 3. The number of aliphatic carboxylic acids is 1. The van der Waals surface area contributed by atoms with Gasteiger partial charge in [-0.2, -0.15) is 12.6 Å². The molecule has 1 aromatic heterocycles. The van der Waals surface area contributed by atoms with E-state index in [2.05, 4.69) is 33.6 Å². The number of carboxylic acid groups (broad SMARTS) is 1. The van der Waals surface area contributed by atoms with Gasteiger partial charge in [0.15, 0.2) is 0 Å². The van der Waals surface area contributed by atoms with E-state index in [-0.39, 0.29) is 24.3 Å². The Hall–Kier alpha value is -4.03. The van der Waals surface area contributed by atoms with Crippen LogP contribution in [-0.4, -0.2) is 68.8 Å². The lowest BCUT2D eigenvalue weighted by Gasteiger charge is -2.23. The number of H-pyrrole nitrogens is 1. The van der Waals surface area contributed by atoms with Gasteiger partial charge in [0, 0.05) is 29.3 Å². The number of nitrogens with one attached hydrogen (secondary N) is 4. The lowest BCUT2D eigenvalue weighted by molar-refractivity contribution is -0.141. The predicted molar refractivity (Wildman–Crippen MR) is 145 cm³/mol. The summed E-state index contributed by atoms with van der Waals surface area (Å²) in [4.78, 5) is 52.9. The Balaban J connectivity index is 1.71. The van der Waals surface area contributed by atoms with Crippen molar-refractivity contribution in [2.24, 2.45) is 5.73 Å². The quantitative estimate of drug-likeness (QED) is 0.153. The van der Waals surface area contributed by atoms with Gasteiger partial charge in [0.1, 0.15) is 23.9 Å². The summed E-state index contributed by atoms with van der Waals surface area (Å²) in [6.07, 6.45) is 2.07. The number of amides is 3. The molecule has 12 heteroatoms. The minimum atomic E-state index is -1.26. The van der Waals surface area contributed by atoms with Crippen LogP contribution in [-0.2, 0) is 32.0 Å². The van der Waals surface area contributed by atoms with E-state index in [1.165, 1.54) is 19.1 Å². The maximum Gasteiger partial charge on any atom is 0.327 e. The lowest BCUT2D eigenvalue weighted by Crippen LogP contribution is -2.57. The molecule has 0 fully saturated rings. The highest BCUT2D eigenvalue weighted by Gasteiger charge is 2.28. The Morgan fingerprint density at radius 1 is 0.921 bits per heavy atom. The zero-order chi connectivity index (χ0) is 27.8. The van der Waals surface area contributed by atoms with Gasteiger partial charge in [-0.05, 0) is 42.7 Å². The molecule has 3 aromatic rings. The van der Waals surface area contributed by atoms with Crippen LogP contribution in [0.1, 0.15) is 18.1 Å². The summed E-state index contributed by atoms with van der Waals surface area (Å²) in [6, 6.07) is 9.34. The second kappa shape index (κ2) is 13.0. The summed E-state index contributed by atoms with van der Waals surface area (Å²) >= 11 is 3.91. The molecule has 0 saturated heterocycles. The summed E-state index contributed by atoms with van der Waals surface area (Å²) in [5, 5.41) is 27.1.